The van der Waals surface area contributed by atoms with Gasteiger partial charge in [-0.2, -0.15) is 0 Å². The fourth-order valence-electron chi connectivity index (χ4n) is 3.07. The average Bonchev–Trinajstić information content (AvgIpc) is 2.96. The lowest BCUT2D eigenvalue weighted by Crippen LogP contribution is -2.33. The fourth-order valence-corrected chi connectivity index (χ4v) is 4.76. The maximum Gasteiger partial charge on any atom is 0.242 e. The topological polar surface area (TPSA) is 82.0 Å². The lowest BCUT2D eigenvalue weighted by atomic mass is 10.1. The molecule has 0 saturated carbocycles. The number of halogens is 2. The monoisotopic (exact) mass is 465 g/mol. The number of phenolic OH excluding ortho intramolecular Hbond substituents is 1. The van der Waals surface area contributed by atoms with Crippen molar-refractivity contribution in [3.8, 4) is 5.75 Å². The Bertz CT molecular complexity index is 1020. The molecule has 0 aliphatic carbocycles. The molecular weight excluding hydrogens is 445 g/mol. The summed E-state index contributed by atoms with van der Waals surface area (Å²) in [4.78, 5) is 31.3. The van der Waals surface area contributed by atoms with E-state index in [2.05, 4.69) is 10.3 Å². The van der Waals surface area contributed by atoms with Crippen molar-refractivity contribution in [3.63, 3.8) is 0 Å². The number of amides is 2. The molecule has 0 radical (unpaired) electrons. The van der Waals surface area contributed by atoms with Crippen LogP contribution >= 0.6 is 35.0 Å². The number of nitrogens with zero attached hydrogens (tertiary/aromatic N) is 2. The van der Waals surface area contributed by atoms with Gasteiger partial charge >= 0.3 is 0 Å². The molecule has 0 bridgehead atoms. The van der Waals surface area contributed by atoms with E-state index in [9.17, 15) is 14.7 Å². The number of aryl methyl sites for hydroxylation is 2. The SMILES string of the molecule is CCN1C(=O)C(CC(=O)Nc2ccc(C)cc2C)SC1=Nc1cc(Cl)c(O)c(Cl)c1. The number of thioether (sulfide) groups is 1. The number of aromatic hydroxyl groups is 1. The standard InChI is InChI=1S/C21H21Cl2N3O3S/c1-4-26-20(29)17(10-18(27)25-16-6-5-11(2)7-12(16)3)30-21(26)24-13-8-14(22)19(28)15(23)9-13/h5-9,17,28H,4,10H2,1-3H3,(H,25,27). The van der Waals surface area contributed by atoms with E-state index in [0.29, 0.717) is 17.4 Å². The minimum absolute atomic E-state index is 0.0312. The van der Waals surface area contributed by atoms with Crippen LogP contribution in [0.5, 0.6) is 5.75 Å². The molecule has 1 fully saturated rings. The highest BCUT2D eigenvalue weighted by atomic mass is 35.5. The Labute approximate surface area is 189 Å². The first-order chi connectivity index (χ1) is 14.2. The van der Waals surface area contributed by atoms with Crippen molar-refractivity contribution in [2.45, 2.75) is 32.4 Å². The molecule has 2 N–H and O–H groups in total. The number of carbonyl (C=O) groups is 2. The second kappa shape index (κ2) is 9.29. The number of amidine groups is 1. The Morgan fingerprint density at radius 3 is 2.50 bits per heavy atom. The van der Waals surface area contributed by atoms with E-state index < -0.39 is 5.25 Å². The van der Waals surface area contributed by atoms with Crippen LogP contribution in [0.15, 0.2) is 35.3 Å². The summed E-state index contributed by atoms with van der Waals surface area (Å²) in [7, 11) is 0. The van der Waals surface area contributed by atoms with Gasteiger partial charge in [-0.25, -0.2) is 4.99 Å². The molecule has 1 unspecified atom stereocenters. The van der Waals surface area contributed by atoms with Crippen molar-refractivity contribution in [2.24, 2.45) is 4.99 Å². The van der Waals surface area contributed by atoms with Gasteiger partial charge in [0, 0.05) is 18.7 Å². The molecule has 1 heterocycles. The minimum atomic E-state index is -0.572. The minimum Gasteiger partial charge on any atom is -0.505 e. The molecule has 9 heteroatoms. The Morgan fingerprint density at radius 1 is 1.23 bits per heavy atom. The molecule has 1 aliphatic rings. The second-order valence-electron chi connectivity index (χ2n) is 6.91. The quantitative estimate of drug-likeness (QED) is 0.627. The maximum absolute atomic E-state index is 12.8. The van der Waals surface area contributed by atoms with Gasteiger partial charge in [-0.05, 0) is 44.5 Å². The van der Waals surface area contributed by atoms with E-state index in [1.807, 2.05) is 39.0 Å². The lowest BCUT2D eigenvalue weighted by Gasteiger charge is -2.14. The molecule has 1 saturated heterocycles. The largest absolute Gasteiger partial charge is 0.505 e. The molecule has 1 aliphatic heterocycles. The molecule has 158 valence electrons. The molecule has 2 amide bonds. The second-order valence-corrected chi connectivity index (χ2v) is 8.90. The fraction of sp³-hybridized carbons (Fsp3) is 0.286. The zero-order valence-corrected chi connectivity index (χ0v) is 19.0. The first kappa shape index (κ1) is 22.5. The molecule has 3 rings (SSSR count). The van der Waals surface area contributed by atoms with Crippen molar-refractivity contribution in [2.75, 3.05) is 11.9 Å². The molecule has 1 atom stereocenters. The molecule has 30 heavy (non-hydrogen) atoms. The predicted octanol–water partition coefficient (Wildman–Crippen LogP) is 5.30. The Balaban J connectivity index is 1.76. The van der Waals surface area contributed by atoms with E-state index in [1.54, 1.807) is 0 Å². The molecule has 2 aromatic carbocycles. The van der Waals surface area contributed by atoms with E-state index in [1.165, 1.54) is 28.8 Å². The summed E-state index contributed by atoms with van der Waals surface area (Å²) in [5.41, 5.74) is 3.22. The van der Waals surface area contributed by atoms with Gasteiger partial charge in [-0.3, -0.25) is 14.5 Å². The normalized spacial score (nSPS) is 17.6. The molecule has 2 aromatic rings. The molecule has 0 spiro atoms. The summed E-state index contributed by atoms with van der Waals surface area (Å²) >= 11 is 13.1. The Morgan fingerprint density at radius 2 is 1.90 bits per heavy atom. The van der Waals surface area contributed by atoms with Gasteiger partial charge < -0.3 is 10.4 Å². The summed E-state index contributed by atoms with van der Waals surface area (Å²) < 4.78 is 0. The number of nitrogens with one attached hydrogen (secondary N) is 1. The number of carbonyl (C=O) groups excluding carboxylic acids is 2. The average molecular weight is 466 g/mol. The van der Waals surface area contributed by atoms with E-state index in [4.69, 9.17) is 23.2 Å². The molecule has 0 aromatic heterocycles. The van der Waals surface area contributed by atoms with E-state index >= 15 is 0 Å². The van der Waals surface area contributed by atoms with Gasteiger partial charge in [0.05, 0.1) is 15.7 Å². The Kier molecular flexibility index (Phi) is 6.95. The number of anilines is 1. The summed E-state index contributed by atoms with van der Waals surface area (Å²) in [5, 5.41) is 12.6. The van der Waals surface area contributed by atoms with Gasteiger partial charge in [0.1, 0.15) is 5.25 Å². The van der Waals surface area contributed by atoms with Gasteiger partial charge in [0.15, 0.2) is 10.9 Å². The van der Waals surface area contributed by atoms with Crippen LogP contribution in [0.2, 0.25) is 10.0 Å². The summed E-state index contributed by atoms with van der Waals surface area (Å²) in [5.74, 6) is -0.625. The first-order valence-corrected chi connectivity index (χ1v) is 10.9. The van der Waals surface area contributed by atoms with Crippen LogP contribution in [-0.4, -0.2) is 38.8 Å². The Hall–Kier alpha value is -2.22. The van der Waals surface area contributed by atoms with Gasteiger partial charge in [-0.15, -0.1) is 0 Å². The van der Waals surface area contributed by atoms with E-state index in [0.717, 1.165) is 16.8 Å². The highest BCUT2D eigenvalue weighted by molar-refractivity contribution is 8.15. The summed E-state index contributed by atoms with van der Waals surface area (Å²) in [6.07, 6.45) is 0.0312. The number of rotatable bonds is 5. The van der Waals surface area contributed by atoms with Gasteiger partial charge in [-0.1, -0.05) is 52.7 Å². The van der Waals surface area contributed by atoms with Crippen molar-refractivity contribution in [3.05, 3.63) is 51.5 Å². The molecular formula is C21H21Cl2N3O3S. The first-order valence-electron chi connectivity index (χ1n) is 9.31. The summed E-state index contributed by atoms with van der Waals surface area (Å²) in [6.45, 7) is 6.17. The van der Waals surface area contributed by atoms with Crippen LogP contribution in [0.25, 0.3) is 0 Å². The predicted molar refractivity (Wildman–Crippen MR) is 123 cm³/mol. The third-order valence-electron chi connectivity index (χ3n) is 4.59. The van der Waals surface area contributed by atoms with Crippen LogP contribution in [0.1, 0.15) is 24.5 Å². The number of hydrogen-bond donors (Lipinski definition) is 2. The van der Waals surface area contributed by atoms with Gasteiger partial charge in [0.25, 0.3) is 0 Å². The zero-order chi connectivity index (χ0) is 22.0. The van der Waals surface area contributed by atoms with Crippen LogP contribution in [0.4, 0.5) is 11.4 Å². The third kappa shape index (κ3) is 4.91. The highest BCUT2D eigenvalue weighted by Gasteiger charge is 2.38. The van der Waals surface area contributed by atoms with Crippen molar-refractivity contribution in [1.29, 1.82) is 0 Å². The highest BCUT2D eigenvalue weighted by Crippen LogP contribution is 2.38. The van der Waals surface area contributed by atoms with Crippen LogP contribution < -0.4 is 5.32 Å². The number of aliphatic imine (C=N–C) groups is 1. The lowest BCUT2D eigenvalue weighted by molar-refractivity contribution is -0.128. The maximum atomic E-state index is 12.8. The number of phenols is 1. The van der Waals surface area contributed by atoms with Crippen molar-refractivity contribution >= 4 is 63.3 Å². The smallest absolute Gasteiger partial charge is 0.242 e. The van der Waals surface area contributed by atoms with Gasteiger partial charge in [0.2, 0.25) is 11.8 Å². The zero-order valence-electron chi connectivity index (χ0n) is 16.7. The van der Waals surface area contributed by atoms with Crippen LogP contribution in [-0.2, 0) is 9.59 Å². The number of benzene rings is 2. The van der Waals surface area contributed by atoms with E-state index in [-0.39, 0.29) is 34.0 Å². The molecule has 6 nitrogen and oxygen atoms in total. The van der Waals surface area contributed by atoms with Crippen LogP contribution in [0.3, 0.4) is 0 Å². The number of hydrogen-bond acceptors (Lipinski definition) is 5. The third-order valence-corrected chi connectivity index (χ3v) is 6.34. The van der Waals surface area contributed by atoms with Crippen molar-refractivity contribution in [1.82, 2.24) is 4.90 Å². The summed E-state index contributed by atoms with van der Waals surface area (Å²) in [6, 6.07) is 8.71. The van der Waals surface area contributed by atoms with Crippen molar-refractivity contribution < 1.29 is 14.7 Å². The van der Waals surface area contributed by atoms with Crippen LogP contribution in [0, 0.1) is 13.8 Å².